The Morgan fingerprint density at radius 3 is 2.03 bits per heavy atom. The van der Waals surface area contributed by atoms with Crippen molar-refractivity contribution in [3.8, 4) is 28.7 Å². The van der Waals surface area contributed by atoms with Gasteiger partial charge in [-0.3, -0.25) is 9.78 Å². The quantitative estimate of drug-likeness (QED) is 0.222. The highest BCUT2D eigenvalue weighted by Crippen LogP contribution is 2.38. The molecule has 0 aliphatic heterocycles. The van der Waals surface area contributed by atoms with Gasteiger partial charge < -0.3 is 23.7 Å². The molecule has 176 valence electrons. The number of carbonyl (C=O) groups is 2. The first-order chi connectivity index (χ1) is 16.5. The molecule has 0 radical (unpaired) electrons. The van der Waals surface area contributed by atoms with Crippen molar-refractivity contribution in [3.05, 3.63) is 71.5 Å². The summed E-state index contributed by atoms with van der Waals surface area (Å²) in [6, 6.07) is 10.9. The summed E-state index contributed by atoms with van der Waals surface area (Å²) in [4.78, 5) is 28.7. The Kier molecular flexibility index (Phi) is 8.01. The third kappa shape index (κ3) is 5.60. The normalized spacial score (nSPS) is 10.5. The van der Waals surface area contributed by atoms with E-state index in [1.807, 2.05) is 0 Å². The molecule has 3 rings (SSSR count). The maximum absolute atomic E-state index is 12.8. The highest BCUT2D eigenvalue weighted by molar-refractivity contribution is 5.95. The van der Waals surface area contributed by atoms with Gasteiger partial charge in [-0.1, -0.05) is 0 Å². The lowest BCUT2D eigenvalue weighted by molar-refractivity contribution is 0.0728. The highest BCUT2D eigenvalue weighted by Gasteiger charge is 2.19. The average molecular weight is 465 g/mol. The first kappa shape index (κ1) is 24.1. The molecule has 34 heavy (non-hydrogen) atoms. The third-order valence-electron chi connectivity index (χ3n) is 4.61. The Balaban J connectivity index is 1.75. The smallest absolute Gasteiger partial charge is 0.343 e. The number of rotatable bonds is 9. The Morgan fingerprint density at radius 1 is 0.794 bits per heavy atom. The number of benzene rings is 2. The molecule has 0 aliphatic carbocycles. The second kappa shape index (κ2) is 11.3. The van der Waals surface area contributed by atoms with Gasteiger partial charge in [0.05, 0.1) is 40.2 Å². The number of nitrogens with zero attached hydrogens (tertiary/aromatic N) is 2. The minimum Gasteiger partial charge on any atom is -0.493 e. The summed E-state index contributed by atoms with van der Waals surface area (Å²) in [6.45, 7) is 0. The molecule has 0 aliphatic rings. The van der Waals surface area contributed by atoms with E-state index in [0.717, 1.165) is 0 Å². The molecule has 0 saturated carbocycles. The summed E-state index contributed by atoms with van der Waals surface area (Å²) in [7, 11) is 5.82. The summed E-state index contributed by atoms with van der Waals surface area (Å²) >= 11 is 0. The number of hydrogen-bond donors (Lipinski definition) is 1. The van der Waals surface area contributed by atoms with Gasteiger partial charge in [0.1, 0.15) is 0 Å². The highest BCUT2D eigenvalue weighted by atomic mass is 16.6. The fourth-order valence-corrected chi connectivity index (χ4v) is 2.94. The molecule has 0 fully saturated rings. The predicted octanol–water partition coefficient (Wildman–Crippen LogP) is 3.10. The number of hydrazone groups is 1. The first-order valence-electron chi connectivity index (χ1n) is 9.94. The Morgan fingerprint density at radius 2 is 1.44 bits per heavy atom. The van der Waals surface area contributed by atoms with Gasteiger partial charge in [-0.15, -0.1) is 0 Å². The van der Waals surface area contributed by atoms with E-state index in [2.05, 4.69) is 15.5 Å². The van der Waals surface area contributed by atoms with Gasteiger partial charge in [-0.05, 0) is 48.0 Å². The lowest BCUT2D eigenvalue weighted by atomic mass is 10.1. The Labute approximate surface area is 196 Å². The molecule has 0 bridgehead atoms. The number of aromatic nitrogens is 1. The summed E-state index contributed by atoms with van der Waals surface area (Å²) < 4.78 is 26.7. The fourth-order valence-electron chi connectivity index (χ4n) is 2.94. The lowest BCUT2D eigenvalue weighted by Crippen LogP contribution is -2.17. The van der Waals surface area contributed by atoms with Gasteiger partial charge in [0.2, 0.25) is 5.75 Å². The van der Waals surface area contributed by atoms with E-state index in [0.29, 0.717) is 34.1 Å². The summed E-state index contributed by atoms with van der Waals surface area (Å²) in [5.41, 5.74) is 3.66. The molecule has 1 aromatic heterocycles. The van der Waals surface area contributed by atoms with Crippen molar-refractivity contribution in [2.45, 2.75) is 0 Å². The molecule has 0 unspecified atom stereocenters. The molecular formula is C24H23N3O7. The van der Waals surface area contributed by atoms with E-state index in [1.54, 1.807) is 30.3 Å². The standard InChI is InChI=1S/C24H23N3O7/c1-30-19-11-15(14-26-27-23(28)16-7-9-25-10-8-16)5-6-18(19)34-24(29)17-12-20(31-2)22(33-4)21(13-17)32-3/h5-14H,1-4H3,(H,27,28)/b26-14+. The topological polar surface area (TPSA) is 118 Å². The van der Waals surface area contributed by atoms with E-state index in [9.17, 15) is 9.59 Å². The lowest BCUT2D eigenvalue weighted by Gasteiger charge is -2.14. The van der Waals surface area contributed by atoms with Crippen LogP contribution in [-0.2, 0) is 0 Å². The average Bonchev–Trinajstić information content (AvgIpc) is 2.88. The SMILES string of the molecule is COc1cc(/C=N/NC(=O)c2ccncc2)ccc1OC(=O)c1cc(OC)c(OC)c(OC)c1. The predicted molar refractivity (Wildman–Crippen MR) is 123 cm³/mol. The monoisotopic (exact) mass is 465 g/mol. The minimum absolute atomic E-state index is 0.194. The van der Waals surface area contributed by atoms with Gasteiger partial charge in [0.25, 0.3) is 5.91 Å². The molecule has 10 heteroatoms. The van der Waals surface area contributed by atoms with Crippen molar-refractivity contribution in [2.24, 2.45) is 5.10 Å². The third-order valence-corrected chi connectivity index (χ3v) is 4.61. The van der Waals surface area contributed by atoms with Crippen molar-refractivity contribution in [3.63, 3.8) is 0 Å². The largest absolute Gasteiger partial charge is 0.493 e. The van der Waals surface area contributed by atoms with Crippen LogP contribution < -0.4 is 29.1 Å². The van der Waals surface area contributed by atoms with Gasteiger partial charge in [-0.25, -0.2) is 10.2 Å². The Bertz CT molecular complexity index is 1170. The van der Waals surface area contributed by atoms with Gasteiger partial charge in [0.15, 0.2) is 23.0 Å². The van der Waals surface area contributed by atoms with Crippen LogP contribution in [0.25, 0.3) is 0 Å². The number of methoxy groups -OCH3 is 4. The van der Waals surface area contributed by atoms with Gasteiger partial charge in [-0.2, -0.15) is 5.10 Å². The van der Waals surface area contributed by atoms with Crippen molar-refractivity contribution in [1.82, 2.24) is 10.4 Å². The second-order valence-electron chi connectivity index (χ2n) is 6.65. The molecule has 1 amide bonds. The molecule has 0 spiro atoms. The van der Waals surface area contributed by atoms with E-state index < -0.39 is 5.97 Å². The number of pyridine rings is 1. The van der Waals surface area contributed by atoms with Crippen LogP contribution in [0.5, 0.6) is 28.7 Å². The van der Waals surface area contributed by atoms with Crippen molar-refractivity contribution in [2.75, 3.05) is 28.4 Å². The van der Waals surface area contributed by atoms with E-state index >= 15 is 0 Å². The summed E-state index contributed by atoms with van der Waals surface area (Å²) in [6.07, 6.45) is 4.47. The molecular weight excluding hydrogens is 442 g/mol. The van der Waals surface area contributed by atoms with Crippen LogP contribution in [0.4, 0.5) is 0 Å². The second-order valence-corrected chi connectivity index (χ2v) is 6.65. The molecule has 1 heterocycles. The number of carbonyl (C=O) groups excluding carboxylic acids is 2. The first-order valence-corrected chi connectivity index (χ1v) is 9.94. The van der Waals surface area contributed by atoms with Crippen molar-refractivity contribution >= 4 is 18.1 Å². The number of hydrogen-bond acceptors (Lipinski definition) is 9. The van der Waals surface area contributed by atoms with Crippen LogP contribution in [0.2, 0.25) is 0 Å². The number of amides is 1. The van der Waals surface area contributed by atoms with Crippen LogP contribution in [0.1, 0.15) is 26.3 Å². The maximum Gasteiger partial charge on any atom is 0.343 e. The van der Waals surface area contributed by atoms with E-state index in [-0.39, 0.29) is 17.2 Å². The molecule has 0 saturated heterocycles. The Hall–Kier alpha value is -4.60. The zero-order chi connectivity index (χ0) is 24.5. The molecule has 2 aromatic carbocycles. The van der Waals surface area contributed by atoms with Crippen LogP contribution in [0.3, 0.4) is 0 Å². The van der Waals surface area contributed by atoms with Gasteiger partial charge in [0, 0.05) is 18.0 Å². The summed E-state index contributed by atoms with van der Waals surface area (Å²) in [5.74, 6) is 0.468. The van der Waals surface area contributed by atoms with Crippen molar-refractivity contribution < 1.29 is 33.3 Å². The minimum atomic E-state index is -0.649. The zero-order valence-corrected chi connectivity index (χ0v) is 19.0. The van der Waals surface area contributed by atoms with Crippen molar-refractivity contribution in [1.29, 1.82) is 0 Å². The van der Waals surface area contributed by atoms with Crippen LogP contribution >= 0.6 is 0 Å². The molecule has 3 aromatic rings. The number of ether oxygens (including phenoxy) is 5. The fraction of sp³-hybridized carbons (Fsp3) is 0.167. The van der Waals surface area contributed by atoms with Crippen LogP contribution in [-0.4, -0.2) is 51.5 Å². The van der Waals surface area contributed by atoms with E-state index in [4.69, 9.17) is 23.7 Å². The molecule has 10 nitrogen and oxygen atoms in total. The molecule has 0 atom stereocenters. The number of esters is 1. The zero-order valence-electron chi connectivity index (χ0n) is 19.0. The van der Waals surface area contributed by atoms with Crippen LogP contribution in [0, 0.1) is 0 Å². The van der Waals surface area contributed by atoms with Gasteiger partial charge >= 0.3 is 5.97 Å². The number of nitrogens with one attached hydrogen (secondary N) is 1. The van der Waals surface area contributed by atoms with Crippen LogP contribution in [0.15, 0.2) is 60.0 Å². The molecule has 1 N–H and O–H groups in total. The summed E-state index contributed by atoms with van der Waals surface area (Å²) in [5, 5.41) is 3.94. The maximum atomic E-state index is 12.8. The van der Waals surface area contributed by atoms with E-state index in [1.165, 1.54) is 59.2 Å².